The Balaban J connectivity index is 2.24. The molecule has 12 heteroatoms. The lowest BCUT2D eigenvalue weighted by atomic mass is 10.1. The Morgan fingerprint density at radius 2 is 1.72 bits per heavy atom. The molecule has 216 valence electrons. The number of ether oxygens (including phenoxy) is 1. The van der Waals surface area contributed by atoms with Crippen molar-refractivity contribution in [1.82, 2.24) is 10.2 Å². The van der Waals surface area contributed by atoms with Gasteiger partial charge in [-0.3, -0.25) is 13.9 Å². The Morgan fingerprint density at radius 1 is 1.00 bits per heavy atom. The molecule has 8 nitrogen and oxygen atoms in total. The van der Waals surface area contributed by atoms with Gasteiger partial charge in [0.2, 0.25) is 21.8 Å². The van der Waals surface area contributed by atoms with Crippen molar-refractivity contribution in [3.63, 3.8) is 0 Å². The minimum Gasteiger partial charge on any atom is -0.495 e. The van der Waals surface area contributed by atoms with Crippen molar-refractivity contribution in [1.29, 1.82) is 0 Å². The van der Waals surface area contributed by atoms with Gasteiger partial charge in [-0.15, -0.1) is 0 Å². The summed E-state index contributed by atoms with van der Waals surface area (Å²) in [5, 5.41) is 3.93. The molecule has 0 heterocycles. The van der Waals surface area contributed by atoms with Crippen LogP contribution in [0.5, 0.6) is 5.75 Å². The number of sulfonamides is 1. The van der Waals surface area contributed by atoms with E-state index in [0.717, 1.165) is 24.7 Å². The van der Waals surface area contributed by atoms with Crippen molar-refractivity contribution in [2.75, 3.05) is 30.8 Å². The number of nitrogens with one attached hydrogen (secondary N) is 1. The van der Waals surface area contributed by atoms with Crippen LogP contribution >= 0.6 is 34.8 Å². The molecule has 0 unspecified atom stereocenters. The fourth-order valence-electron chi connectivity index (χ4n) is 4.07. The maximum absolute atomic E-state index is 13.5. The Morgan fingerprint density at radius 3 is 2.28 bits per heavy atom. The van der Waals surface area contributed by atoms with Crippen molar-refractivity contribution >= 4 is 62.3 Å². The summed E-state index contributed by atoms with van der Waals surface area (Å²) >= 11 is 18.5. The van der Waals surface area contributed by atoms with Gasteiger partial charge in [-0.05, 0) is 55.2 Å². The van der Waals surface area contributed by atoms with E-state index in [1.165, 1.54) is 22.4 Å². The summed E-state index contributed by atoms with van der Waals surface area (Å²) < 4.78 is 31.5. The van der Waals surface area contributed by atoms with Crippen LogP contribution in [-0.2, 0) is 26.2 Å². The zero-order valence-electron chi connectivity index (χ0n) is 22.7. The van der Waals surface area contributed by atoms with Crippen LogP contribution in [0.3, 0.4) is 0 Å². The average Bonchev–Trinajstić information content (AvgIpc) is 2.87. The lowest BCUT2D eigenvalue weighted by Gasteiger charge is -2.31. The number of halogens is 3. The number of nitrogens with zero attached hydrogens (tertiary/aromatic N) is 2. The molecule has 2 aromatic rings. The predicted octanol–water partition coefficient (Wildman–Crippen LogP) is 5.93. The number of carbonyl (C=O) groups is 2. The first kappa shape index (κ1) is 33.0. The van der Waals surface area contributed by atoms with Crippen molar-refractivity contribution in [2.45, 2.75) is 58.5 Å². The maximum atomic E-state index is 13.5. The molecule has 1 N–H and O–H groups in total. The molecular weight excluding hydrogens is 585 g/mol. The van der Waals surface area contributed by atoms with Gasteiger partial charge in [0, 0.05) is 26.1 Å². The second-order valence-electron chi connectivity index (χ2n) is 9.10. The van der Waals surface area contributed by atoms with E-state index in [9.17, 15) is 18.0 Å². The molecule has 2 aromatic carbocycles. The molecule has 0 saturated heterocycles. The molecule has 0 spiro atoms. The Hall–Kier alpha value is -2.20. The minimum absolute atomic E-state index is 0.0238. The van der Waals surface area contributed by atoms with Crippen LogP contribution in [0.15, 0.2) is 36.4 Å². The molecule has 0 aliphatic carbocycles. The number of methoxy groups -OCH3 is 1. The quantitative estimate of drug-likeness (QED) is 0.249. The second-order valence-corrected chi connectivity index (χ2v) is 12.2. The highest BCUT2D eigenvalue weighted by atomic mass is 35.5. The summed E-state index contributed by atoms with van der Waals surface area (Å²) in [6.45, 7) is 4.60. The lowest BCUT2D eigenvalue weighted by Crippen LogP contribution is -2.49. The summed E-state index contributed by atoms with van der Waals surface area (Å²) in [7, 11) is -2.19. The van der Waals surface area contributed by atoms with E-state index in [4.69, 9.17) is 39.5 Å². The van der Waals surface area contributed by atoms with Crippen LogP contribution in [-0.4, -0.2) is 57.6 Å². The third kappa shape index (κ3) is 9.74. The molecule has 0 aliphatic heterocycles. The molecule has 0 bridgehead atoms. The average molecular weight is 621 g/mol. The van der Waals surface area contributed by atoms with Gasteiger partial charge in [0.25, 0.3) is 0 Å². The van der Waals surface area contributed by atoms with Gasteiger partial charge in [-0.2, -0.15) is 0 Å². The van der Waals surface area contributed by atoms with Gasteiger partial charge in [0.05, 0.1) is 34.1 Å². The zero-order chi connectivity index (χ0) is 29.2. The molecule has 0 aromatic heterocycles. The van der Waals surface area contributed by atoms with Crippen molar-refractivity contribution in [2.24, 2.45) is 0 Å². The first-order chi connectivity index (χ1) is 18.4. The molecular formula is C27H36Cl3N3O5S. The number of hydrogen-bond acceptors (Lipinski definition) is 5. The zero-order valence-corrected chi connectivity index (χ0v) is 25.8. The number of unbranched alkanes of at least 4 members (excludes halogenated alkanes) is 1. The van der Waals surface area contributed by atoms with Crippen LogP contribution in [0, 0.1) is 0 Å². The Labute approximate surface area is 246 Å². The highest BCUT2D eigenvalue weighted by molar-refractivity contribution is 7.92. The first-order valence-electron chi connectivity index (χ1n) is 12.7. The van der Waals surface area contributed by atoms with E-state index < -0.39 is 16.1 Å². The number of hydrogen-bond donors (Lipinski definition) is 1. The predicted molar refractivity (Wildman–Crippen MR) is 158 cm³/mol. The van der Waals surface area contributed by atoms with Crippen LogP contribution in [0.1, 0.15) is 51.5 Å². The van der Waals surface area contributed by atoms with E-state index in [1.54, 1.807) is 30.3 Å². The van der Waals surface area contributed by atoms with Gasteiger partial charge >= 0.3 is 0 Å². The standard InChI is InChI=1S/C27H36Cl3N3O5S/c1-5-7-14-31-27(35)24(6-2)32(18-19-10-12-21(28)22(29)16-19)26(34)9-8-15-33(39(4,36)37)20-11-13-25(38-3)23(30)17-20/h10-13,16-17,24H,5-9,14-15,18H2,1-4H3,(H,31,35)/t24-/m0/s1. The number of anilines is 1. The monoisotopic (exact) mass is 619 g/mol. The molecule has 2 rings (SSSR count). The molecule has 0 saturated carbocycles. The van der Waals surface area contributed by atoms with E-state index in [-0.39, 0.29) is 42.8 Å². The number of rotatable bonds is 15. The summed E-state index contributed by atoms with van der Waals surface area (Å²) in [5.74, 6) is -0.0883. The smallest absolute Gasteiger partial charge is 0.242 e. The Bertz CT molecular complexity index is 1240. The lowest BCUT2D eigenvalue weighted by molar-refractivity contribution is -0.141. The summed E-state index contributed by atoms with van der Waals surface area (Å²) in [5.41, 5.74) is 1.09. The largest absolute Gasteiger partial charge is 0.495 e. The van der Waals surface area contributed by atoms with Crippen LogP contribution in [0.2, 0.25) is 15.1 Å². The maximum Gasteiger partial charge on any atom is 0.242 e. The van der Waals surface area contributed by atoms with Gasteiger partial charge in [0.15, 0.2) is 0 Å². The highest BCUT2D eigenvalue weighted by Crippen LogP contribution is 2.30. The Kier molecular flexibility index (Phi) is 13.2. The highest BCUT2D eigenvalue weighted by Gasteiger charge is 2.29. The van der Waals surface area contributed by atoms with E-state index in [2.05, 4.69) is 5.32 Å². The first-order valence-corrected chi connectivity index (χ1v) is 15.7. The van der Waals surface area contributed by atoms with Crippen molar-refractivity contribution in [3.05, 3.63) is 57.0 Å². The SMILES string of the molecule is CCCCNC(=O)[C@H](CC)N(Cc1ccc(Cl)c(Cl)c1)C(=O)CCCN(c1ccc(OC)c(Cl)c1)S(C)(=O)=O. The fraction of sp³-hybridized carbons (Fsp3) is 0.481. The topological polar surface area (TPSA) is 96.0 Å². The summed E-state index contributed by atoms with van der Waals surface area (Å²) in [6.07, 6.45) is 3.51. The van der Waals surface area contributed by atoms with Crippen molar-refractivity contribution in [3.8, 4) is 5.75 Å². The van der Waals surface area contributed by atoms with Crippen LogP contribution < -0.4 is 14.4 Å². The van der Waals surface area contributed by atoms with E-state index >= 15 is 0 Å². The normalized spacial score (nSPS) is 12.1. The molecule has 0 fully saturated rings. The summed E-state index contributed by atoms with van der Waals surface area (Å²) in [6, 6.07) is 9.07. The number of carbonyl (C=O) groups excluding carboxylic acids is 2. The third-order valence-electron chi connectivity index (χ3n) is 6.13. The minimum atomic E-state index is -3.66. The van der Waals surface area contributed by atoms with Crippen LogP contribution in [0.4, 0.5) is 5.69 Å². The van der Waals surface area contributed by atoms with Crippen molar-refractivity contribution < 1.29 is 22.7 Å². The van der Waals surface area contributed by atoms with Gasteiger partial charge < -0.3 is 15.0 Å². The molecule has 0 aliphatic rings. The number of amides is 2. The van der Waals surface area contributed by atoms with E-state index in [0.29, 0.717) is 34.4 Å². The van der Waals surface area contributed by atoms with Gasteiger partial charge in [0.1, 0.15) is 11.8 Å². The fourth-order valence-corrected chi connectivity index (χ4v) is 5.60. The van der Waals surface area contributed by atoms with Gasteiger partial charge in [-0.25, -0.2) is 8.42 Å². The van der Waals surface area contributed by atoms with Crippen LogP contribution in [0.25, 0.3) is 0 Å². The molecule has 0 radical (unpaired) electrons. The second kappa shape index (κ2) is 15.6. The molecule has 1 atom stereocenters. The molecule has 39 heavy (non-hydrogen) atoms. The molecule has 2 amide bonds. The number of benzene rings is 2. The van der Waals surface area contributed by atoms with Gasteiger partial charge in [-0.1, -0.05) is 61.1 Å². The third-order valence-corrected chi connectivity index (χ3v) is 8.36. The van der Waals surface area contributed by atoms with E-state index in [1.807, 2.05) is 13.8 Å². The summed E-state index contributed by atoms with van der Waals surface area (Å²) in [4.78, 5) is 28.1.